The highest BCUT2D eigenvalue weighted by Crippen LogP contribution is 2.24. The number of carbonyl (C=O) groups is 2. The van der Waals surface area contributed by atoms with E-state index in [0.717, 1.165) is 24.4 Å². The monoisotopic (exact) mass is 429 g/mol. The van der Waals surface area contributed by atoms with Crippen molar-refractivity contribution in [2.45, 2.75) is 31.3 Å². The molecule has 7 nitrogen and oxygen atoms in total. The first-order chi connectivity index (χ1) is 14.2. The van der Waals surface area contributed by atoms with Gasteiger partial charge in [-0.2, -0.15) is 0 Å². The maximum atomic E-state index is 12.1. The average Bonchev–Trinajstić information content (AvgIpc) is 3.37. The number of benzene rings is 1. The Morgan fingerprint density at radius 1 is 1.14 bits per heavy atom. The second-order valence-electron chi connectivity index (χ2n) is 6.27. The number of thioether (sulfide) groups is 1. The predicted molar refractivity (Wildman–Crippen MR) is 116 cm³/mol. The number of urea groups is 1. The summed E-state index contributed by atoms with van der Waals surface area (Å²) in [5.74, 6) is 0.510. The molecule has 2 heterocycles. The van der Waals surface area contributed by atoms with Crippen LogP contribution in [0, 0.1) is 0 Å². The van der Waals surface area contributed by atoms with E-state index in [-0.39, 0.29) is 11.7 Å². The van der Waals surface area contributed by atoms with Crippen LogP contribution in [-0.4, -0.2) is 39.0 Å². The summed E-state index contributed by atoms with van der Waals surface area (Å²) in [5, 5.41) is 16.3. The maximum Gasteiger partial charge on any atom is 0.321 e. The van der Waals surface area contributed by atoms with E-state index in [1.54, 1.807) is 11.3 Å². The number of thiophene rings is 1. The van der Waals surface area contributed by atoms with Crippen molar-refractivity contribution in [3.8, 4) is 5.69 Å². The summed E-state index contributed by atoms with van der Waals surface area (Å²) < 4.78 is 1.96. The molecule has 0 radical (unpaired) electrons. The molecule has 0 saturated heterocycles. The van der Waals surface area contributed by atoms with E-state index in [2.05, 4.69) is 26.9 Å². The van der Waals surface area contributed by atoms with Gasteiger partial charge in [-0.1, -0.05) is 49.4 Å². The highest BCUT2D eigenvalue weighted by atomic mass is 32.2. The third kappa shape index (κ3) is 6.16. The fourth-order valence-electron chi connectivity index (χ4n) is 2.63. The molecule has 0 bridgehead atoms. The number of hydrogen-bond acceptors (Lipinski definition) is 6. The van der Waals surface area contributed by atoms with E-state index < -0.39 is 6.03 Å². The van der Waals surface area contributed by atoms with E-state index in [4.69, 9.17) is 0 Å². The van der Waals surface area contributed by atoms with Gasteiger partial charge in [-0.25, -0.2) is 4.79 Å². The van der Waals surface area contributed by atoms with Crippen molar-refractivity contribution in [3.63, 3.8) is 0 Å². The minimum Gasteiger partial charge on any atom is -0.338 e. The van der Waals surface area contributed by atoms with Gasteiger partial charge in [-0.15, -0.1) is 21.5 Å². The lowest BCUT2D eigenvalue weighted by atomic mass is 10.3. The third-order valence-corrected chi connectivity index (χ3v) is 5.83. The second-order valence-corrected chi connectivity index (χ2v) is 8.25. The fraction of sp³-hybridized carbons (Fsp3) is 0.300. The van der Waals surface area contributed by atoms with E-state index in [1.807, 2.05) is 53.3 Å². The summed E-state index contributed by atoms with van der Waals surface area (Å²) >= 11 is 2.92. The lowest BCUT2D eigenvalue weighted by Gasteiger charge is -2.10. The van der Waals surface area contributed by atoms with Gasteiger partial charge in [0.2, 0.25) is 5.91 Å². The van der Waals surface area contributed by atoms with Crippen LogP contribution in [0.1, 0.15) is 30.5 Å². The number of carbonyl (C=O) groups excluding carboxylic acids is 2. The second kappa shape index (κ2) is 10.8. The molecule has 2 N–H and O–H groups in total. The van der Waals surface area contributed by atoms with Crippen molar-refractivity contribution in [1.29, 1.82) is 0 Å². The number of rotatable bonds is 9. The summed E-state index contributed by atoms with van der Waals surface area (Å²) in [6.07, 6.45) is 2.52. The number of amides is 3. The Hall–Kier alpha value is -2.65. The van der Waals surface area contributed by atoms with E-state index >= 15 is 0 Å². The van der Waals surface area contributed by atoms with Gasteiger partial charge in [0.05, 0.1) is 5.75 Å². The normalized spacial score (nSPS) is 10.7. The number of unbranched alkanes of at least 4 members (excludes halogenated alkanes) is 1. The highest BCUT2D eigenvalue weighted by Gasteiger charge is 2.17. The van der Waals surface area contributed by atoms with Gasteiger partial charge in [-0.05, 0) is 30.0 Å². The molecular formula is C20H23N5O2S2. The van der Waals surface area contributed by atoms with E-state index in [0.29, 0.717) is 18.1 Å². The zero-order valence-electron chi connectivity index (χ0n) is 16.1. The molecule has 3 amide bonds. The largest absolute Gasteiger partial charge is 0.338 e. The molecule has 0 unspecified atom stereocenters. The van der Waals surface area contributed by atoms with Gasteiger partial charge in [-0.3, -0.25) is 14.7 Å². The van der Waals surface area contributed by atoms with Gasteiger partial charge >= 0.3 is 6.03 Å². The van der Waals surface area contributed by atoms with Crippen LogP contribution in [-0.2, 0) is 11.2 Å². The summed E-state index contributed by atoms with van der Waals surface area (Å²) in [6, 6.07) is 13.4. The molecule has 3 aromatic rings. The number of nitrogens with one attached hydrogen (secondary N) is 2. The smallest absolute Gasteiger partial charge is 0.321 e. The maximum absolute atomic E-state index is 12.1. The van der Waals surface area contributed by atoms with Crippen LogP contribution in [0.3, 0.4) is 0 Å². The molecule has 0 atom stereocenters. The minimum absolute atomic E-state index is 0.0746. The van der Waals surface area contributed by atoms with Crippen LogP contribution in [0.4, 0.5) is 4.79 Å². The van der Waals surface area contributed by atoms with Crippen molar-refractivity contribution in [3.05, 3.63) is 58.5 Å². The SMILES string of the molecule is CCCCNC(=O)NC(=O)CSc1nnc(Cc2cccs2)n1-c1ccccc1. The lowest BCUT2D eigenvalue weighted by molar-refractivity contribution is -0.117. The van der Waals surface area contributed by atoms with Gasteiger partial charge in [0, 0.05) is 23.5 Å². The first kappa shape index (κ1) is 21.1. The first-order valence-electron chi connectivity index (χ1n) is 9.40. The third-order valence-electron chi connectivity index (χ3n) is 4.03. The van der Waals surface area contributed by atoms with Gasteiger partial charge in [0.25, 0.3) is 0 Å². The van der Waals surface area contributed by atoms with Crippen molar-refractivity contribution < 1.29 is 9.59 Å². The molecule has 9 heteroatoms. The molecule has 0 fully saturated rings. The molecule has 0 saturated carbocycles. The summed E-state index contributed by atoms with van der Waals surface area (Å²) in [4.78, 5) is 25.0. The van der Waals surface area contributed by atoms with Crippen LogP contribution in [0.5, 0.6) is 0 Å². The van der Waals surface area contributed by atoms with Crippen LogP contribution in [0.25, 0.3) is 5.69 Å². The molecule has 29 heavy (non-hydrogen) atoms. The van der Waals surface area contributed by atoms with Crippen LogP contribution in [0.15, 0.2) is 53.0 Å². The van der Waals surface area contributed by atoms with Crippen molar-refractivity contribution in [1.82, 2.24) is 25.4 Å². The van der Waals surface area contributed by atoms with E-state index in [9.17, 15) is 9.59 Å². The van der Waals surface area contributed by atoms with Gasteiger partial charge in [0.1, 0.15) is 5.82 Å². The molecule has 3 rings (SSSR count). The van der Waals surface area contributed by atoms with Crippen molar-refractivity contribution in [2.75, 3.05) is 12.3 Å². The molecule has 2 aromatic heterocycles. The quantitative estimate of drug-likeness (QED) is 0.400. The number of hydrogen-bond donors (Lipinski definition) is 2. The summed E-state index contributed by atoms with van der Waals surface area (Å²) in [5.41, 5.74) is 0.935. The Labute approximate surface area is 177 Å². The topological polar surface area (TPSA) is 88.9 Å². The zero-order chi connectivity index (χ0) is 20.5. The molecule has 152 valence electrons. The molecule has 0 aliphatic heterocycles. The Bertz CT molecular complexity index is 926. The summed E-state index contributed by atoms with van der Waals surface area (Å²) in [7, 11) is 0. The average molecular weight is 430 g/mol. The van der Waals surface area contributed by atoms with Crippen LogP contribution in [0.2, 0.25) is 0 Å². The number of imide groups is 1. The van der Waals surface area contributed by atoms with Crippen LogP contribution >= 0.6 is 23.1 Å². The highest BCUT2D eigenvalue weighted by molar-refractivity contribution is 7.99. The molecule has 0 aliphatic rings. The van der Waals surface area contributed by atoms with Gasteiger partial charge < -0.3 is 5.32 Å². The minimum atomic E-state index is -0.466. The fourth-order valence-corrected chi connectivity index (χ4v) is 4.10. The van der Waals surface area contributed by atoms with Gasteiger partial charge in [0.15, 0.2) is 5.16 Å². The summed E-state index contributed by atoms with van der Waals surface area (Å²) in [6.45, 7) is 2.59. The first-order valence-corrected chi connectivity index (χ1v) is 11.3. The Kier molecular flexibility index (Phi) is 7.83. The standard InChI is InChI=1S/C20H23N5O2S2/c1-2-3-11-21-19(27)22-18(26)14-29-20-24-23-17(13-16-10-7-12-28-16)25(20)15-8-5-4-6-9-15/h4-10,12H,2-3,11,13-14H2,1H3,(H2,21,22,26,27). The van der Waals surface area contributed by atoms with Crippen LogP contribution < -0.4 is 10.6 Å². The number of nitrogens with zero attached hydrogens (tertiary/aromatic N) is 3. The molecule has 0 aliphatic carbocycles. The predicted octanol–water partition coefficient (Wildman–Crippen LogP) is 3.64. The Morgan fingerprint density at radius 3 is 2.69 bits per heavy atom. The Balaban J connectivity index is 1.68. The Morgan fingerprint density at radius 2 is 1.97 bits per heavy atom. The van der Waals surface area contributed by atoms with Crippen molar-refractivity contribution >= 4 is 35.0 Å². The van der Waals surface area contributed by atoms with Crippen molar-refractivity contribution in [2.24, 2.45) is 0 Å². The number of aromatic nitrogens is 3. The molecule has 0 spiro atoms. The molecule has 1 aromatic carbocycles. The molecular weight excluding hydrogens is 406 g/mol. The number of para-hydroxylation sites is 1. The lowest BCUT2D eigenvalue weighted by Crippen LogP contribution is -2.40. The zero-order valence-corrected chi connectivity index (χ0v) is 17.8. The van der Waals surface area contributed by atoms with E-state index in [1.165, 1.54) is 16.6 Å².